The number of hydrogen-bond donors (Lipinski definition) is 3. The molecule has 1 aliphatic heterocycles. The Labute approximate surface area is 281 Å². The highest BCUT2D eigenvalue weighted by Crippen LogP contribution is 2.36. The number of esters is 1. The Kier molecular flexibility index (Phi) is 9.79. The van der Waals surface area contributed by atoms with E-state index in [0.29, 0.717) is 29.4 Å². The van der Waals surface area contributed by atoms with Crippen LogP contribution >= 0.6 is 0 Å². The fraction of sp³-hybridized carbons (Fsp3) is 0.297. The predicted molar refractivity (Wildman–Crippen MR) is 183 cm³/mol. The first-order valence-corrected chi connectivity index (χ1v) is 16.1. The molecule has 0 spiro atoms. The van der Waals surface area contributed by atoms with E-state index in [-0.39, 0.29) is 12.2 Å². The lowest BCUT2D eigenvalue weighted by atomic mass is 10.0. The van der Waals surface area contributed by atoms with E-state index in [4.69, 9.17) is 15.2 Å². The fourth-order valence-corrected chi connectivity index (χ4v) is 6.07. The Morgan fingerprint density at radius 3 is 2.39 bits per heavy atom. The number of aromatic nitrogens is 2. The molecule has 2 aromatic heterocycles. The summed E-state index contributed by atoms with van der Waals surface area (Å²) < 4.78 is 54.5. The lowest BCUT2D eigenvalue weighted by Crippen LogP contribution is -2.43. The molecule has 1 saturated heterocycles. The minimum atomic E-state index is -4.81. The number of nitrogens with zero attached hydrogens (tertiary/aromatic N) is 2. The van der Waals surface area contributed by atoms with Gasteiger partial charge in [-0.15, -0.1) is 0 Å². The molecule has 0 unspecified atom stereocenters. The van der Waals surface area contributed by atoms with Crippen molar-refractivity contribution in [2.24, 2.45) is 0 Å². The maximum absolute atomic E-state index is 13.9. The van der Waals surface area contributed by atoms with E-state index in [9.17, 15) is 22.8 Å². The number of rotatable bonds is 10. The Hall–Kier alpha value is -5.07. The van der Waals surface area contributed by atoms with Gasteiger partial charge in [0.05, 0.1) is 24.4 Å². The Morgan fingerprint density at radius 2 is 1.67 bits per heavy atom. The van der Waals surface area contributed by atoms with E-state index in [1.807, 2.05) is 32.0 Å². The van der Waals surface area contributed by atoms with Gasteiger partial charge < -0.3 is 35.0 Å². The highest BCUT2D eigenvalue weighted by atomic mass is 19.4. The van der Waals surface area contributed by atoms with Crippen molar-refractivity contribution in [3.8, 4) is 22.8 Å². The number of aryl methyl sites for hydroxylation is 2. The highest BCUT2D eigenvalue weighted by Gasteiger charge is 2.35. The van der Waals surface area contributed by atoms with Crippen LogP contribution in [0, 0.1) is 13.8 Å². The number of aromatic amines is 1. The highest BCUT2D eigenvalue weighted by molar-refractivity contribution is 5.95. The second-order valence-corrected chi connectivity index (χ2v) is 12.3. The SMILES string of the molecule is Cc1ccc(Cn2c(-c3ccc(Oc4ccc5[nH]c(C(=O)OCCCN6CCNCC6)cc5c4)cc3)cc(C(F)(F)F)c(N)c2=O)c(C)c1. The second kappa shape index (κ2) is 14.2. The summed E-state index contributed by atoms with van der Waals surface area (Å²) in [6.45, 7) is 9.01. The van der Waals surface area contributed by atoms with Crippen LogP contribution in [0.4, 0.5) is 18.9 Å². The first-order chi connectivity index (χ1) is 23.5. The molecule has 3 heterocycles. The van der Waals surface area contributed by atoms with E-state index < -0.39 is 29.0 Å². The third-order valence-electron chi connectivity index (χ3n) is 8.73. The molecule has 0 aliphatic carbocycles. The molecule has 5 aromatic rings. The zero-order valence-corrected chi connectivity index (χ0v) is 27.3. The number of halogens is 3. The van der Waals surface area contributed by atoms with E-state index in [1.165, 1.54) is 4.57 Å². The van der Waals surface area contributed by atoms with Gasteiger partial charge in [-0.1, -0.05) is 23.8 Å². The maximum atomic E-state index is 13.9. The molecule has 49 heavy (non-hydrogen) atoms. The summed E-state index contributed by atoms with van der Waals surface area (Å²) in [7, 11) is 0. The van der Waals surface area contributed by atoms with Crippen LogP contribution in [0.5, 0.6) is 11.5 Å². The van der Waals surface area contributed by atoms with Crippen molar-refractivity contribution in [1.82, 2.24) is 19.8 Å². The average molecular weight is 674 g/mol. The summed E-state index contributed by atoms with van der Waals surface area (Å²) in [5.74, 6) is 0.494. The van der Waals surface area contributed by atoms with Gasteiger partial charge >= 0.3 is 12.1 Å². The van der Waals surface area contributed by atoms with Crippen molar-refractivity contribution in [2.45, 2.75) is 33.0 Å². The second-order valence-electron chi connectivity index (χ2n) is 12.3. The van der Waals surface area contributed by atoms with Crippen molar-refractivity contribution in [3.63, 3.8) is 0 Å². The van der Waals surface area contributed by atoms with Crippen LogP contribution in [0.1, 0.15) is 39.2 Å². The number of fused-ring (bicyclic) bond motifs is 1. The number of piperazine rings is 1. The monoisotopic (exact) mass is 673 g/mol. The van der Waals surface area contributed by atoms with Gasteiger partial charge in [-0.2, -0.15) is 13.2 Å². The average Bonchev–Trinajstić information content (AvgIpc) is 3.50. The van der Waals surface area contributed by atoms with Crippen LogP contribution in [0.15, 0.2) is 77.6 Å². The first kappa shape index (κ1) is 33.8. The molecule has 4 N–H and O–H groups in total. The van der Waals surface area contributed by atoms with Crippen LogP contribution < -0.4 is 21.3 Å². The normalized spacial score (nSPS) is 13.9. The van der Waals surface area contributed by atoms with Crippen LogP contribution in [0.3, 0.4) is 0 Å². The molecule has 0 radical (unpaired) electrons. The lowest BCUT2D eigenvalue weighted by Gasteiger charge is -2.26. The predicted octanol–water partition coefficient (Wildman–Crippen LogP) is 6.51. The number of carbonyl (C=O) groups excluding carboxylic acids is 1. The Bertz CT molecular complexity index is 2030. The molecule has 0 bridgehead atoms. The van der Waals surface area contributed by atoms with Gasteiger partial charge in [0.1, 0.15) is 22.9 Å². The van der Waals surface area contributed by atoms with Gasteiger partial charge in [0.2, 0.25) is 0 Å². The van der Waals surface area contributed by atoms with Crippen molar-refractivity contribution < 1.29 is 27.4 Å². The number of anilines is 1. The Balaban J connectivity index is 1.18. The van der Waals surface area contributed by atoms with Crippen LogP contribution in [0.25, 0.3) is 22.2 Å². The standard InChI is InChI=1S/C37H38F3N5O4/c1-23-4-5-26(24(2)18-23)22-45-33(21-30(37(38,39)40)34(41)35(45)46)25-6-8-28(9-7-25)49-29-10-11-31-27(19-29)20-32(43-31)36(47)48-17-3-14-44-15-12-42-13-16-44/h4-11,18-21,42-43H,3,12-17,22,41H2,1-2H3. The minimum Gasteiger partial charge on any atom is -0.461 e. The van der Waals surface area contributed by atoms with Crippen LogP contribution in [-0.2, 0) is 17.5 Å². The number of nitrogens with two attached hydrogens (primary N) is 1. The van der Waals surface area contributed by atoms with Gasteiger partial charge in [0.25, 0.3) is 5.56 Å². The summed E-state index contributed by atoms with van der Waals surface area (Å²) in [6.07, 6.45) is -4.05. The lowest BCUT2D eigenvalue weighted by molar-refractivity contribution is -0.137. The quantitative estimate of drug-likeness (QED) is 0.114. The van der Waals surface area contributed by atoms with Crippen molar-refractivity contribution in [1.29, 1.82) is 0 Å². The summed E-state index contributed by atoms with van der Waals surface area (Å²) in [5, 5.41) is 4.07. The van der Waals surface area contributed by atoms with Crippen molar-refractivity contribution >= 4 is 22.6 Å². The number of pyridine rings is 1. The van der Waals surface area contributed by atoms with E-state index >= 15 is 0 Å². The number of hydrogen-bond acceptors (Lipinski definition) is 7. The van der Waals surface area contributed by atoms with Gasteiger partial charge in [-0.3, -0.25) is 4.79 Å². The number of carbonyl (C=O) groups is 1. The molecule has 256 valence electrons. The number of nitrogens with one attached hydrogen (secondary N) is 2. The van der Waals surface area contributed by atoms with E-state index in [0.717, 1.165) is 72.8 Å². The molecule has 0 amide bonds. The zero-order valence-electron chi connectivity index (χ0n) is 27.3. The largest absolute Gasteiger partial charge is 0.461 e. The van der Waals surface area contributed by atoms with E-state index in [1.54, 1.807) is 48.5 Å². The number of nitrogen functional groups attached to an aromatic ring is 1. The van der Waals surface area contributed by atoms with Gasteiger partial charge in [0, 0.05) is 43.6 Å². The van der Waals surface area contributed by atoms with Crippen LogP contribution in [0.2, 0.25) is 0 Å². The number of benzene rings is 3. The summed E-state index contributed by atoms with van der Waals surface area (Å²) >= 11 is 0. The molecule has 1 fully saturated rings. The molecule has 1 aliphatic rings. The number of alkyl halides is 3. The smallest absolute Gasteiger partial charge is 0.418 e. The molecular formula is C37H38F3N5O4. The molecule has 0 saturated carbocycles. The summed E-state index contributed by atoms with van der Waals surface area (Å²) in [6, 6.07) is 20.1. The molecule has 9 nitrogen and oxygen atoms in total. The van der Waals surface area contributed by atoms with Crippen LogP contribution in [-0.4, -0.2) is 59.8 Å². The first-order valence-electron chi connectivity index (χ1n) is 16.1. The molecular weight excluding hydrogens is 635 g/mol. The number of ether oxygens (including phenoxy) is 2. The summed E-state index contributed by atoms with van der Waals surface area (Å²) in [5.41, 5.74) is 7.08. The minimum absolute atomic E-state index is 0.0452. The third-order valence-corrected chi connectivity index (χ3v) is 8.73. The fourth-order valence-electron chi connectivity index (χ4n) is 6.07. The van der Waals surface area contributed by atoms with Gasteiger partial charge in [0.15, 0.2) is 0 Å². The number of H-pyrrole nitrogens is 1. The molecule has 3 aromatic carbocycles. The molecule has 12 heteroatoms. The summed E-state index contributed by atoms with van der Waals surface area (Å²) in [4.78, 5) is 31.4. The molecule has 0 atom stereocenters. The third kappa shape index (κ3) is 7.82. The van der Waals surface area contributed by atoms with Crippen molar-refractivity contribution in [3.05, 3.63) is 111 Å². The topological polar surface area (TPSA) is 115 Å². The van der Waals surface area contributed by atoms with Crippen molar-refractivity contribution in [2.75, 3.05) is 45.1 Å². The maximum Gasteiger partial charge on any atom is 0.418 e. The zero-order chi connectivity index (χ0) is 34.7. The van der Waals surface area contributed by atoms with Gasteiger partial charge in [-0.25, -0.2) is 4.79 Å². The van der Waals surface area contributed by atoms with E-state index in [2.05, 4.69) is 15.2 Å². The van der Waals surface area contributed by atoms with Gasteiger partial charge in [-0.05, 0) is 91.6 Å². The Morgan fingerprint density at radius 1 is 0.939 bits per heavy atom. The molecule has 6 rings (SSSR count).